The average Bonchev–Trinajstić information content (AvgIpc) is 3.08. The summed E-state index contributed by atoms with van der Waals surface area (Å²) in [4.78, 5) is 16.3. The highest BCUT2D eigenvalue weighted by atomic mass is 32.1. The van der Waals surface area contributed by atoms with E-state index in [1.54, 1.807) is 11.6 Å². The topological polar surface area (TPSA) is 60.7 Å². The Morgan fingerprint density at radius 2 is 2.06 bits per heavy atom. The van der Waals surface area contributed by atoms with Gasteiger partial charge in [0, 0.05) is 5.38 Å². The molecule has 0 saturated heterocycles. The Balaban J connectivity index is 1.96. The molecule has 0 atom stereocenters. The summed E-state index contributed by atoms with van der Waals surface area (Å²) in [7, 11) is 0. The van der Waals surface area contributed by atoms with E-state index in [1.807, 2.05) is 30.3 Å². The van der Waals surface area contributed by atoms with E-state index in [0.717, 1.165) is 12.0 Å². The van der Waals surface area contributed by atoms with Crippen molar-refractivity contribution < 1.29 is 4.79 Å². The van der Waals surface area contributed by atoms with Crippen LogP contribution in [0.5, 0.6) is 0 Å². The Morgan fingerprint density at radius 3 is 2.78 bits per heavy atom. The zero-order valence-electron chi connectivity index (χ0n) is 9.22. The van der Waals surface area contributed by atoms with Gasteiger partial charge in [-0.2, -0.15) is 9.90 Å². The zero-order valence-corrected chi connectivity index (χ0v) is 10.0. The van der Waals surface area contributed by atoms with Crippen molar-refractivity contribution >= 4 is 17.6 Å². The minimum Gasteiger partial charge on any atom is -0.296 e. The number of carbonyl (C=O) groups excluding carboxylic acids is 1. The number of hydrogen-bond donors (Lipinski definition) is 0. The van der Waals surface area contributed by atoms with Crippen LogP contribution in [0.25, 0.3) is 16.4 Å². The fourth-order valence-corrected chi connectivity index (χ4v) is 2.22. The monoisotopic (exact) mass is 256 g/mol. The lowest BCUT2D eigenvalue weighted by Gasteiger charge is -1.96. The fraction of sp³-hybridized carbons (Fsp3) is 0. The highest BCUT2D eigenvalue weighted by molar-refractivity contribution is 7.13. The quantitative estimate of drug-likeness (QED) is 0.674. The molecule has 1 aromatic carbocycles. The summed E-state index contributed by atoms with van der Waals surface area (Å²) in [5, 5.41) is 10.9. The summed E-state index contributed by atoms with van der Waals surface area (Å²) >= 11 is 1.38. The van der Waals surface area contributed by atoms with Gasteiger partial charge in [0.05, 0.1) is 11.9 Å². The first-order chi connectivity index (χ1) is 8.86. The molecule has 0 unspecified atom stereocenters. The molecule has 0 aliphatic carbocycles. The Morgan fingerprint density at radius 1 is 1.22 bits per heavy atom. The van der Waals surface area contributed by atoms with Gasteiger partial charge in [-0.25, -0.2) is 4.98 Å². The Kier molecular flexibility index (Phi) is 2.70. The van der Waals surface area contributed by atoms with E-state index in [-0.39, 0.29) is 0 Å². The average molecular weight is 256 g/mol. The van der Waals surface area contributed by atoms with Crippen LogP contribution in [0.4, 0.5) is 0 Å². The Labute approximate surface area is 107 Å². The van der Waals surface area contributed by atoms with Crippen molar-refractivity contribution in [2.24, 2.45) is 0 Å². The third-order valence-corrected chi connectivity index (χ3v) is 3.22. The molecule has 0 aliphatic heterocycles. The highest BCUT2D eigenvalue weighted by Gasteiger charge is 2.09. The molecule has 0 radical (unpaired) electrons. The van der Waals surface area contributed by atoms with Crippen LogP contribution >= 0.6 is 11.3 Å². The van der Waals surface area contributed by atoms with E-state index < -0.39 is 0 Å². The molecule has 88 valence electrons. The number of nitrogens with zero attached hydrogens (tertiary/aromatic N) is 4. The standard InChI is InChI=1S/C12H8N4OS/c17-7-9-8-18-12(14-9)11-6-13-16(15-11)10-4-2-1-3-5-10/h1-8H. The molecule has 0 amide bonds. The van der Waals surface area contributed by atoms with Gasteiger partial charge >= 0.3 is 0 Å². The van der Waals surface area contributed by atoms with Gasteiger partial charge in [0.15, 0.2) is 6.29 Å². The molecule has 0 spiro atoms. The Hall–Kier alpha value is -2.34. The maximum atomic E-state index is 10.6. The second-order valence-corrected chi connectivity index (χ2v) is 4.41. The molecule has 5 nitrogen and oxygen atoms in total. The molecule has 6 heteroatoms. The predicted molar refractivity (Wildman–Crippen MR) is 67.9 cm³/mol. The first kappa shape index (κ1) is 10.8. The molecular formula is C12H8N4OS. The van der Waals surface area contributed by atoms with Crippen LogP contribution in [-0.4, -0.2) is 26.3 Å². The first-order valence-electron chi connectivity index (χ1n) is 5.25. The van der Waals surface area contributed by atoms with Crippen molar-refractivity contribution in [2.75, 3.05) is 0 Å². The van der Waals surface area contributed by atoms with E-state index in [2.05, 4.69) is 15.2 Å². The number of aromatic nitrogens is 4. The summed E-state index contributed by atoms with van der Waals surface area (Å²) in [6, 6.07) is 9.62. The van der Waals surface area contributed by atoms with Gasteiger partial charge in [-0.1, -0.05) is 18.2 Å². The van der Waals surface area contributed by atoms with Crippen LogP contribution in [0, 0.1) is 0 Å². The summed E-state index contributed by atoms with van der Waals surface area (Å²) in [6.45, 7) is 0. The van der Waals surface area contributed by atoms with Crippen LogP contribution < -0.4 is 0 Å². The van der Waals surface area contributed by atoms with Crippen LogP contribution in [0.3, 0.4) is 0 Å². The maximum absolute atomic E-state index is 10.6. The SMILES string of the molecule is O=Cc1csc(-c2cnn(-c3ccccc3)n2)n1. The fourth-order valence-electron chi connectivity index (χ4n) is 1.50. The van der Waals surface area contributed by atoms with E-state index in [9.17, 15) is 4.79 Å². The number of hydrogen-bond acceptors (Lipinski definition) is 5. The predicted octanol–water partition coefficient (Wildman–Crippen LogP) is 2.20. The highest BCUT2D eigenvalue weighted by Crippen LogP contribution is 2.20. The molecule has 3 rings (SSSR count). The summed E-state index contributed by atoms with van der Waals surface area (Å²) in [5.74, 6) is 0. The van der Waals surface area contributed by atoms with Crippen molar-refractivity contribution in [3.63, 3.8) is 0 Å². The van der Waals surface area contributed by atoms with Crippen molar-refractivity contribution in [1.82, 2.24) is 20.0 Å². The number of aldehydes is 1. The van der Waals surface area contributed by atoms with Crippen LogP contribution in [-0.2, 0) is 0 Å². The normalized spacial score (nSPS) is 10.4. The van der Waals surface area contributed by atoms with E-state index in [1.165, 1.54) is 16.1 Å². The molecule has 0 saturated carbocycles. The van der Waals surface area contributed by atoms with E-state index in [0.29, 0.717) is 16.4 Å². The van der Waals surface area contributed by atoms with Crippen LogP contribution in [0.2, 0.25) is 0 Å². The molecule has 2 aromatic heterocycles. The van der Waals surface area contributed by atoms with Gasteiger partial charge in [-0.05, 0) is 12.1 Å². The van der Waals surface area contributed by atoms with Crippen molar-refractivity contribution in [3.05, 3.63) is 47.6 Å². The number of benzene rings is 1. The second kappa shape index (κ2) is 4.50. The van der Waals surface area contributed by atoms with Crippen LogP contribution in [0.1, 0.15) is 10.5 Å². The largest absolute Gasteiger partial charge is 0.296 e. The molecule has 0 fully saturated rings. The molecule has 3 aromatic rings. The molecule has 18 heavy (non-hydrogen) atoms. The molecule has 2 heterocycles. The number of para-hydroxylation sites is 1. The van der Waals surface area contributed by atoms with Crippen molar-refractivity contribution in [1.29, 1.82) is 0 Å². The lowest BCUT2D eigenvalue weighted by molar-refractivity contribution is 0.111. The van der Waals surface area contributed by atoms with Gasteiger partial charge in [-0.15, -0.1) is 16.4 Å². The van der Waals surface area contributed by atoms with E-state index >= 15 is 0 Å². The van der Waals surface area contributed by atoms with Gasteiger partial charge in [0.25, 0.3) is 0 Å². The first-order valence-corrected chi connectivity index (χ1v) is 6.13. The number of rotatable bonds is 3. The zero-order chi connectivity index (χ0) is 12.4. The Bertz CT molecular complexity index is 674. The minimum atomic E-state index is 0.421. The van der Waals surface area contributed by atoms with Gasteiger partial charge in [0.1, 0.15) is 16.4 Å². The van der Waals surface area contributed by atoms with E-state index in [4.69, 9.17) is 0 Å². The third kappa shape index (κ3) is 1.93. The summed E-state index contributed by atoms with van der Waals surface area (Å²) in [5.41, 5.74) is 1.97. The lowest BCUT2D eigenvalue weighted by atomic mass is 10.3. The van der Waals surface area contributed by atoms with Gasteiger partial charge in [0.2, 0.25) is 0 Å². The maximum Gasteiger partial charge on any atom is 0.169 e. The summed E-state index contributed by atoms with van der Waals surface area (Å²) < 4.78 is 0. The second-order valence-electron chi connectivity index (χ2n) is 3.55. The third-order valence-electron chi connectivity index (χ3n) is 2.34. The van der Waals surface area contributed by atoms with Gasteiger partial charge in [-0.3, -0.25) is 4.79 Å². The minimum absolute atomic E-state index is 0.421. The smallest absolute Gasteiger partial charge is 0.169 e. The number of carbonyl (C=O) groups is 1. The van der Waals surface area contributed by atoms with Crippen molar-refractivity contribution in [2.45, 2.75) is 0 Å². The molecule has 0 bridgehead atoms. The molecule has 0 N–H and O–H groups in total. The van der Waals surface area contributed by atoms with Crippen LogP contribution in [0.15, 0.2) is 41.9 Å². The lowest BCUT2D eigenvalue weighted by Crippen LogP contribution is -1.97. The van der Waals surface area contributed by atoms with Crippen molar-refractivity contribution in [3.8, 4) is 16.4 Å². The molecular weight excluding hydrogens is 248 g/mol. The van der Waals surface area contributed by atoms with Gasteiger partial charge < -0.3 is 0 Å². The summed E-state index contributed by atoms with van der Waals surface area (Å²) in [6.07, 6.45) is 2.36. The number of thiazole rings is 1. The molecule has 0 aliphatic rings.